The van der Waals surface area contributed by atoms with Crippen molar-refractivity contribution in [3.8, 4) is 0 Å². The molecule has 0 saturated carbocycles. The topological polar surface area (TPSA) is 69.6 Å². The Labute approximate surface area is 104 Å². The Kier molecular flexibility index (Phi) is 5.37. The highest BCUT2D eigenvalue weighted by Gasteiger charge is 2.29. The molecule has 6 heteroatoms. The Morgan fingerprint density at radius 2 is 2.06 bits per heavy atom. The molecule has 1 saturated heterocycles. The van der Waals surface area contributed by atoms with Crippen molar-refractivity contribution in [2.75, 3.05) is 19.7 Å². The molecule has 0 radical (unpaired) electrons. The van der Waals surface area contributed by atoms with Gasteiger partial charge in [-0.3, -0.25) is 0 Å². The minimum atomic E-state index is -3.40. The number of rotatable bonds is 5. The van der Waals surface area contributed by atoms with Crippen LogP contribution in [-0.2, 0) is 10.2 Å². The summed E-state index contributed by atoms with van der Waals surface area (Å²) in [6, 6.07) is -0.0745. The predicted octanol–water partition coefficient (Wildman–Crippen LogP) is 0.570. The van der Waals surface area contributed by atoms with E-state index in [2.05, 4.69) is 4.72 Å². The second-order valence-electron chi connectivity index (χ2n) is 5.20. The third-order valence-electron chi connectivity index (χ3n) is 3.41. The lowest BCUT2D eigenvalue weighted by Gasteiger charge is -2.32. The zero-order chi connectivity index (χ0) is 13.1. The fourth-order valence-electron chi connectivity index (χ4n) is 1.84. The number of hydrogen-bond donors (Lipinski definition) is 2. The number of piperidine rings is 1. The van der Waals surface area contributed by atoms with Crippen LogP contribution in [-0.4, -0.2) is 43.6 Å². The first kappa shape index (κ1) is 14.9. The van der Waals surface area contributed by atoms with Gasteiger partial charge < -0.3 is 5.11 Å². The van der Waals surface area contributed by atoms with Gasteiger partial charge in [-0.1, -0.05) is 13.8 Å². The van der Waals surface area contributed by atoms with Gasteiger partial charge in [-0.05, 0) is 31.6 Å². The fraction of sp³-hybridized carbons (Fsp3) is 1.00. The van der Waals surface area contributed by atoms with Crippen molar-refractivity contribution in [1.29, 1.82) is 0 Å². The SMILES string of the molecule is CC(C)C(C)NS(=O)(=O)N1CCCC(CO)C1. The molecule has 0 spiro atoms. The number of nitrogens with one attached hydrogen (secondary N) is 1. The summed E-state index contributed by atoms with van der Waals surface area (Å²) < 4.78 is 28.3. The van der Waals surface area contributed by atoms with Gasteiger partial charge in [-0.2, -0.15) is 17.4 Å². The summed E-state index contributed by atoms with van der Waals surface area (Å²) in [5.74, 6) is 0.345. The van der Waals surface area contributed by atoms with Gasteiger partial charge in [0.1, 0.15) is 0 Å². The zero-order valence-electron chi connectivity index (χ0n) is 10.9. The summed E-state index contributed by atoms with van der Waals surface area (Å²) in [4.78, 5) is 0. The number of aliphatic hydroxyl groups is 1. The average Bonchev–Trinajstić information content (AvgIpc) is 2.28. The van der Waals surface area contributed by atoms with Gasteiger partial charge in [0.15, 0.2) is 0 Å². The van der Waals surface area contributed by atoms with E-state index in [4.69, 9.17) is 5.11 Å². The molecule has 1 aliphatic heterocycles. The van der Waals surface area contributed by atoms with Gasteiger partial charge in [0.2, 0.25) is 0 Å². The number of nitrogens with zero attached hydrogens (tertiary/aromatic N) is 1. The first-order valence-electron chi connectivity index (χ1n) is 6.25. The maximum atomic E-state index is 12.1. The maximum Gasteiger partial charge on any atom is 0.279 e. The molecule has 1 fully saturated rings. The molecule has 2 atom stereocenters. The van der Waals surface area contributed by atoms with Crippen LogP contribution in [0.2, 0.25) is 0 Å². The van der Waals surface area contributed by atoms with Crippen LogP contribution in [0.25, 0.3) is 0 Å². The van der Waals surface area contributed by atoms with Gasteiger partial charge in [0.25, 0.3) is 10.2 Å². The van der Waals surface area contributed by atoms with Crippen LogP contribution in [0, 0.1) is 11.8 Å². The standard InChI is InChI=1S/C11H24N2O3S/c1-9(2)10(3)12-17(15,16)13-6-4-5-11(7-13)8-14/h9-12,14H,4-8H2,1-3H3. The minimum absolute atomic E-state index is 0.0613. The molecule has 1 rings (SSSR count). The van der Waals surface area contributed by atoms with E-state index in [9.17, 15) is 8.42 Å². The molecule has 5 nitrogen and oxygen atoms in total. The molecule has 0 bridgehead atoms. The quantitative estimate of drug-likeness (QED) is 0.763. The van der Waals surface area contributed by atoms with Crippen LogP contribution >= 0.6 is 0 Å². The van der Waals surface area contributed by atoms with E-state index < -0.39 is 10.2 Å². The van der Waals surface area contributed by atoms with E-state index in [0.29, 0.717) is 13.1 Å². The highest BCUT2D eigenvalue weighted by atomic mass is 32.2. The summed E-state index contributed by atoms with van der Waals surface area (Å²) in [7, 11) is -3.40. The van der Waals surface area contributed by atoms with Crippen molar-refractivity contribution in [1.82, 2.24) is 9.03 Å². The lowest BCUT2D eigenvalue weighted by atomic mass is 10.0. The van der Waals surface area contributed by atoms with Crippen molar-refractivity contribution in [2.24, 2.45) is 11.8 Å². The molecule has 0 aromatic carbocycles. The average molecular weight is 264 g/mol. The second-order valence-corrected chi connectivity index (χ2v) is 6.91. The van der Waals surface area contributed by atoms with E-state index in [1.807, 2.05) is 20.8 Å². The van der Waals surface area contributed by atoms with Gasteiger partial charge in [0.05, 0.1) is 0 Å². The summed E-state index contributed by atoms with van der Waals surface area (Å²) in [5, 5.41) is 9.10. The maximum absolute atomic E-state index is 12.1. The number of hydrogen-bond acceptors (Lipinski definition) is 3. The van der Waals surface area contributed by atoms with Gasteiger partial charge in [0, 0.05) is 25.7 Å². The predicted molar refractivity (Wildman–Crippen MR) is 67.7 cm³/mol. The first-order chi connectivity index (χ1) is 7.86. The highest BCUT2D eigenvalue weighted by molar-refractivity contribution is 7.87. The van der Waals surface area contributed by atoms with Gasteiger partial charge in [-0.15, -0.1) is 0 Å². The summed E-state index contributed by atoms with van der Waals surface area (Å²) in [5.41, 5.74) is 0. The van der Waals surface area contributed by atoms with Crippen molar-refractivity contribution in [2.45, 2.75) is 39.7 Å². The Bertz CT molecular complexity index is 330. The van der Waals surface area contributed by atoms with Crippen molar-refractivity contribution in [3.05, 3.63) is 0 Å². The minimum Gasteiger partial charge on any atom is -0.396 e. The molecule has 0 aromatic heterocycles. The fourth-order valence-corrected chi connectivity index (χ4v) is 3.51. The molecule has 1 heterocycles. The molecule has 0 aliphatic carbocycles. The summed E-state index contributed by atoms with van der Waals surface area (Å²) in [6.07, 6.45) is 1.73. The summed E-state index contributed by atoms with van der Waals surface area (Å²) >= 11 is 0. The van der Waals surface area contributed by atoms with Gasteiger partial charge in [-0.25, -0.2) is 0 Å². The second kappa shape index (κ2) is 6.13. The highest BCUT2D eigenvalue weighted by Crippen LogP contribution is 2.18. The first-order valence-corrected chi connectivity index (χ1v) is 7.69. The Hall–Kier alpha value is -0.170. The van der Waals surface area contributed by atoms with E-state index in [0.717, 1.165) is 12.8 Å². The lowest BCUT2D eigenvalue weighted by molar-refractivity contribution is 0.164. The molecule has 17 heavy (non-hydrogen) atoms. The van der Waals surface area contributed by atoms with Crippen molar-refractivity contribution >= 4 is 10.2 Å². The van der Waals surface area contributed by atoms with E-state index in [1.54, 1.807) is 0 Å². The van der Waals surface area contributed by atoms with Crippen LogP contribution in [0.4, 0.5) is 0 Å². The third-order valence-corrected chi connectivity index (χ3v) is 5.10. The third kappa shape index (κ3) is 4.21. The van der Waals surface area contributed by atoms with Crippen LogP contribution < -0.4 is 4.72 Å². The Morgan fingerprint density at radius 3 is 2.59 bits per heavy atom. The molecule has 2 unspecified atom stereocenters. The molecular weight excluding hydrogens is 240 g/mol. The van der Waals surface area contributed by atoms with E-state index >= 15 is 0 Å². The molecule has 0 amide bonds. The molecule has 0 aromatic rings. The zero-order valence-corrected chi connectivity index (χ0v) is 11.7. The Balaban J connectivity index is 2.63. The van der Waals surface area contributed by atoms with Crippen molar-refractivity contribution < 1.29 is 13.5 Å². The monoisotopic (exact) mass is 264 g/mol. The molecule has 2 N–H and O–H groups in total. The van der Waals surface area contributed by atoms with Crippen LogP contribution in [0.5, 0.6) is 0 Å². The van der Waals surface area contributed by atoms with Gasteiger partial charge >= 0.3 is 0 Å². The smallest absolute Gasteiger partial charge is 0.279 e. The summed E-state index contributed by atoms with van der Waals surface area (Å²) in [6.45, 7) is 6.88. The van der Waals surface area contributed by atoms with E-state index in [-0.39, 0.29) is 24.5 Å². The van der Waals surface area contributed by atoms with Crippen LogP contribution in [0.3, 0.4) is 0 Å². The molecular formula is C11H24N2O3S. The molecule has 1 aliphatic rings. The van der Waals surface area contributed by atoms with Crippen LogP contribution in [0.15, 0.2) is 0 Å². The number of aliphatic hydroxyl groups excluding tert-OH is 1. The Morgan fingerprint density at radius 1 is 1.41 bits per heavy atom. The lowest BCUT2D eigenvalue weighted by Crippen LogP contribution is -2.49. The van der Waals surface area contributed by atoms with E-state index in [1.165, 1.54) is 4.31 Å². The van der Waals surface area contributed by atoms with Crippen LogP contribution in [0.1, 0.15) is 33.6 Å². The molecule has 102 valence electrons. The van der Waals surface area contributed by atoms with Crippen molar-refractivity contribution in [3.63, 3.8) is 0 Å². The normalized spacial score (nSPS) is 25.1. The largest absolute Gasteiger partial charge is 0.396 e.